The fourth-order valence-corrected chi connectivity index (χ4v) is 5.12. The highest BCUT2D eigenvalue weighted by atomic mass is 16.5. The van der Waals surface area contributed by atoms with E-state index in [4.69, 9.17) is 4.74 Å². The minimum absolute atomic E-state index is 0.0488. The van der Waals surface area contributed by atoms with E-state index in [1.165, 1.54) is 29.9 Å². The van der Waals surface area contributed by atoms with Crippen LogP contribution in [0.4, 0.5) is 17.1 Å². The van der Waals surface area contributed by atoms with E-state index < -0.39 is 0 Å². The van der Waals surface area contributed by atoms with Crippen molar-refractivity contribution < 1.29 is 9.53 Å². The molecule has 2 heterocycles. The van der Waals surface area contributed by atoms with Crippen LogP contribution in [0.2, 0.25) is 0 Å². The quantitative estimate of drug-likeness (QED) is 0.602. The van der Waals surface area contributed by atoms with Crippen molar-refractivity contribution in [2.75, 3.05) is 54.5 Å². The van der Waals surface area contributed by atoms with E-state index in [0.29, 0.717) is 12.2 Å². The van der Waals surface area contributed by atoms with Crippen LogP contribution in [-0.2, 0) is 4.79 Å². The van der Waals surface area contributed by atoms with Gasteiger partial charge in [-0.05, 0) is 55.7 Å². The molecular formula is C27H37N3O2. The Balaban J connectivity index is 1.42. The van der Waals surface area contributed by atoms with Crippen LogP contribution in [0, 0.1) is 0 Å². The zero-order valence-corrected chi connectivity index (χ0v) is 19.6. The van der Waals surface area contributed by atoms with Crippen LogP contribution in [0.1, 0.15) is 45.4 Å². The Morgan fingerprint density at radius 1 is 0.875 bits per heavy atom. The van der Waals surface area contributed by atoms with Gasteiger partial charge < -0.3 is 19.4 Å². The number of methoxy groups -OCH3 is 1. The number of ketones is 1. The van der Waals surface area contributed by atoms with Crippen molar-refractivity contribution >= 4 is 22.8 Å². The number of para-hydroxylation sites is 2. The van der Waals surface area contributed by atoms with Gasteiger partial charge in [0.15, 0.2) is 5.78 Å². The first-order chi connectivity index (χ1) is 15.7. The third-order valence-corrected chi connectivity index (χ3v) is 6.87. The number of carbonyl (C=O) groups excluding carboxylic acids is 1. The summed E-state index contributed by atoms with van der Waals surface area (Å²) in [5, 5.41) is 0. The van der Waals surface area contributed by atoms with E-state index in [1.807, 2.05) is 12.1 Å². The molecule has 0 N–H and O–H groups in total. The van der Waals surface area contributed by atoms with Crippen molar-refractivity contribution in [3.8, 4) is 5.75 Å². The highest BCUT2D eigenvalue weighted by molar-refractivity contribution is 5.87. The number of benzene rings is 2. The van der Waals surface area contributed by atoms with Gasteiger partial charge in [0.2, 0.25) is 0 Å². The summed E-state index contributed by atoms with van der Waals surface area (Å²) in [4.78, 5) is 20.0. The Bertz CT molecular complexity index is 875. The third kappa shape index (κ3) is 5.03. The van der Waals surface area contributed by atoms with Crippen molar-refractivity contribution in [1.29, 1.82) is 0 Å². The fourth-order valence-electron chi connectivity index (χ4n) is 5.12. The number of carbonyl (C=O) groups is 1. The van der Waals surface area contributed by atoms with E-state index in [0.717, 1.165) is 57.7 Å². The lowest BCUT2D eigenvalue weighted by molar-refractivity contribution is -0.120. The molecule has 0 spiro atoms. The molecular weight excluding hydrogens is 398 g/mol. The van der Waals surface area contributed by atoms with Crippen molar-refractivity contribution in [1.82, 2.24) is 0 Å². The molecule has 0 aromatic heterocycles. The fraction of sp³-hybridized carbons (Fsp3) is 0.519. The smallest absolute Gasteiger partial charge is 0.155 e. The Hall–Kier alpha value is -2.69. The largest absolute Gasteiger partial charge is 0.495 e. The summed E-state index contributed by atoms with van der Waals surface area (Å²) in [6.45, 7) is 7.00. The average molecular weight is 436 g/mol. The predicted molar refractivity (Wildman–Crippen MR) is 133 cm³/mol. The number of nitrogens with zero attached hydrogens (tertiary/aromatic N) is 3. The second-order valence-corrected chi connectivity index (χ2v) is 8.94. The zero-order chi connectivity index (χ0) is 22.3. The summed E-state index contributed by atoms with van der Waals surface area (Å²) in [6, 6.07) is 17.2. The molecule has 2 aliphatic rings. The summed E-state index contributed by atoms with van der Waals surface area (Å²) < 4.78 is 5.55. The highest BCUT2D eigenvalue weighted by Gasteiger charge is 2.27. The van der Waals surface area contributed by atoms with Crippen molar-refractivity contribution in [2.24, 2.45) is 0 Å². The summed E-state index contributed by atoms with van der Waals surface area (Å²) in [5.74, 6) is 1.35. The maximum atomic E-state index is 12.8. The SMILES string of the molecule is CCCC(=O)C1CCCCCN1c1ccc(N2CCN(c3ccccc3OC)CC2)cc1. The second kappa shape index (κ2) is 10.8. The van der Waals surface area contributed by atoms with Crippen LogP contribution in [0.3, 0.4) is 0 Å². The molecule has 5 nitrogen and oxygen atoms in total. The number of anilines is 3. The van der Waals surface area contributed by atoms with E-state index in [9.17, 15) is 4.79 Å². The molecule has 172 valence electrons. The van der Waals surface area contributed by atoms with Crippen LogP contribution in [-0.4, -0.2) is 51.7 Å². The first-order valence-electron chi connectivity index (χ1n) is 12.2. The summed E-state index contributed by atoms with van der Waals surface area (Å²) >= 11 is 0. The van der Waals surface area contributed by atoms with E-state index in [1.54, 1.807) is 7.11 Å². The zero-order valence-electron chi connectivity index (χ0n) is 19.6. The molecule has 32 heavy (non-hydrogen) atoms. The number of piperazine rings is 1. The topological polar surface area (TPSA) is 36.0 Å². The maximum absolute atomic E-state index is 12.8. The molecule has 2 aliphatic heterocycles. The molecule has 2 aromatic carbocycles. The Labute approximate surface area is 193 Å². The van der Waals surface area contributed by atoms with Gasteiger partial charge in [-0.15, -0.1) is 0 Å². The molecule has 0 amide bonds. The molecule has 4 rings (SSSR count). The number of Topliss-reactive ketones (excluding diaryl/α,β-unsaturated/α-hetero) is 1. The minimum atomic E-state index is 0.0488. The van der Waals surface area contributed by atoms with Gasteiger partial charge in [-0.25, -0.2) is 0 Å². The van der Waals surface area contributed by atoms with Crippen LogP contribution in [0.5, 0.6) is 5.75 Å². The highest BCUT2D eigenvalue weighted by Crippen LogP contribution is 2.31. The van der Waals surface area contributed by atoms with Gasteiger partial charge in [-0.3, -0.25) is 4.79 Å². The third-order valence-electron chi connectivity index (χ3n) is 6.87. The van der Waals surface area contributed by atoms with E-state index in [2.05, 4.69) is 58.0 Å². The van der Waals surface area contributed by atoms with Crippen molar-refractivity contribution in [3.63, 3.8) is 0 Å². The lowest BCUT2D eigenvalue weighted by Gasteiger charge is -2.38. The van der Waals surface area contributed by atoms with Gasteiger partial charge in [0.05, 0.1) is 18.8 Å². The van der Waals surface area contributed by atoms with Gasteiger partial charge in [-0.1, -0.05) is 31.9 Å². The lowest BCUT2D eigenvalue weighted by atomic mass is 10.0. The van der Waals surface area contributed by atoms with Crippen LogP contribution in [0.25, 0.3) is 0 Å². The molecule has 0 aliphatic carbocycles. The van der Waals surface area contributed by atoms with E-state index in [-0.39, 0.29) is 6.04 Å². The van der Waals surface area contributed by atoms with Gasteiger partial charge in [0.25, 0.3) is 0 Å². The standard InChI is InChI=1S/C27H37N3O2/c1-3-9-26(31)24-10-5-4-8-17-30(24)23-15-13-22(14-16-23)28-18-20-29(21-19-28)25-11-6-7-12-27(25)32-2/h6-7,11-16,24H,3-5,8-10,17-21H2,1-2H3. The normalized spacial score (nSPS) is 19.6. The molecule has 2 aromatic rings. The molecule has 0 saturated carbocycles. The molecule has 0 bridgehead atoms. The summed E-state index contributed by atoms with van der Waals surface area (Å²) in [6.07, 6.45) is 6.17. The Kier molecular flexibility index (Phi) is 7.56. The number of ether oxygens (including phenoxy) is 1. The first kappa shape index (κ1) is 22.5. The number of rotatable bonds is 7. The molecule has 0 radical (unpaired) electrons. The second-order valence-electron chi connectivity index (χ2n) is 8.94. The van der Waals surface area contributed by atoms with Crippen molar-refractivity contribution in [2.45, 2.75) is 51.5 Å². The molecule has 2 fully saturated rings. The Morgan fingerprint density at radius 3 is 2.28 bits per heavy atom. The van der Waals surface area contributed by atoms with Gasteiger partial charge >= 0.3 is 0 Å². The number of hydrogen-bond acceptors (Lipinski definition) is 5. The molecule has 1 unspecified atom stereocenters. The van der Waals surface area contributed by atoms with Crippen LogP contribution in [0.15, 0.2) is 48.5 Å². The first-order valence-corrected chi connectivity index (χ1v) is 12.2. The van der Waals surface area contributed by atoms with E-state index >= 15 is 0 Å². The molecule has 2 saturated heterocycles. The number of hydrogen-bond donors (Lipinski definition) is 0. The molecule has 1 atom stereocenters. The lowest BCUT2D eigenvalue weighted by Crippen LogP contribution is -2.46. The average Bonchev–Trinajstić information content (AvgIpc) is 3.11. The van der Waals surface area contributed by atoms with Crippen LogP contribution >= 0.6 is 0 Å². The maximum Gasteiger partial charge on any atom is 0.155 e. The Morgan fingerprint density at radius 2 is 1.56 bits per heavy atom. The van der Waals surface area contributed by atoms with Gasteiger partial charge in [0.1, 0.15) is 5.75 Å². The predicted octanol–water partition coefficient (Wildman–Crippen LogP) is 5.14. The monoisotopic (exact) mass is 435 g/mol. The van der Waals surface area contributed by atoms with Gasteiger partial charge in [0, 0.05) is 50.5 Å². The van der Waals surface area contributed by atoms with Gasteiger partial charge in [-0.2, -0.15) is 0 Å². The molecule has 5 heteroatoms. The summed E-state index contributed by atoms with van der Waals surface area (Å²) in [7, 11) is 1.74. The summed E-state index contributed by atoms with van der Waals surface area (Å²) in [5.41, 5.74) is 3.63. The van der Waals surface area contributed by atoms with Crippen molar-refractivity contribution in [3.05, 3.63) is 48.5 Å². The minimum Gasteiger partial charge on any atom is -0.495 e. The van der Waals surface area contributed by atoms with Crippen LogP contribution < -0.4 is 19.4 Å².